The van der Waals surface area contributed by atoms with Gasteiger partial charge >= 0.3 is 5.97 Å². The largest absolute Gasteiger partial charge is 0.464 e. The van der Waals surface area contributed by atoms with E-state index < -0.39 is 5.97 Å². The summed E-state index contributed by atoms with van der Waals surface area (Å²) in [5, 5.41) is 3.35. The van der Waals surface area contributed by atoms with Crippen LogP contribution >= 0.6 is 0 Å². The second-order valence-electron chi connectivity index (χ2n) is 9.83. The van der Waals surface area contributed by atoms with Crippen molar-refractivity contribution in [2.45, 2.75) is 45.7 Å². The molecule has 0 aliphatic carbocycles. The minimum atomic E-state index is -0.512. The van der Waals surface area contributed by atoms with Crippen molar-refractivity contribution in [3.05, 3.63) is 76.4 Å². The van der Waals surface area contributed by atoms with Crippen LogP contribution in [-0.2, 0) is 17.7 Å². The number of nitrogens with zero attached hydrogens (tertiary/aromatic N) is 5. The molecule has 9 nitrogen and oxygen atoms in total. The van der Waals surface area contributed by atoms with Gasteiger partial charge in [-0.1, -0.05) is 6.07 Å². The van der Waals surface area contributed by atoms with Gasteiger partial charge in [0, 0.05) is 62.3 Å². The number of aromatic nitrogens is 3. The van der Waals surface area contributed by atoms with Crippen molar-refractivity contribution >= 4 is 23.5 Å². The van der Waals surface area contributed by atoms with Crippen molar-refractivity contribution in [2.75, 3.05) is 32.1 Å². The Hall–Kier alpha value is -3.85. The highest BCUT2D eigenvalue weighted by molar-refractivity contribution is 5.95. The fourth-order valence-corrected chi connectivity index (χ4v) is 5.25. The highest BCUT2D eigenvalue weighted by Gasteiger charge is 2.30. The van der Waals surface area contributed by atoms with Gasteiger partial charge in [0.2, 0.25) is 5.95 Å². The Morgan fingerprint density at radius 3 is 2.43 bits per heavy atom. The number of benzene rings is 1. The molecule has 5 rings (SSSR count). The van der Waals surface area contributed by atoms with Gasteiger partial charge in [0.25, 0.3) is 5.91 Å². The van der Waals surface area contributed by atoms with E-state index in [0.717, 1.165) is 43.7 Å². The van der Waals surface area contributed by atoms with E-state index in [1.165, 1.54) is 36.1 Å². The van der Waals surface area contributed by atoms with Crippen LogP contribution in [0.15, 0.2) is 42.7 Å². The number of rotatable bonds is 5. The molecule has 0 unspecified atom stereocenters. The first-order valence-electron chi connectivity index (χ1n) is 12.7. The fraction of sp³-hybridized carbons (Fsp3) is 0.393. The Morgan fingerprint density at radius 1 is 1.00 bits per heavy atom. The Kier molecular flexibility index (Phi) is 7.14. The second-order valence-corrected chi connectivity index (χ2v) is 9.83. The molecule has 0 radical (unpaired) electrons. The summed E-state index contributed by atoms with van der Waals surface area (Å²) < 4.78 is 4.67. The first kappa shape index (κ1) is 24.8. The van der Waals surface area contributed by atoms with Crippen LogP contribution in [0.4, 0.5) is 11.6 Å². The Labute approximate surface area is 216 Å². The lowest BCUT2D eigenvalue weighted by Gasteiger charge is -2.40. The molecule has 192 valence electrons. The standard InChI is InChI=1S/C28H32N6O3/c1-18-12-19(2)14-22(13-18)31-28-30-16-21-17-34(11-8-24(21)32-28)23-6-9-33(10-7-23)26(35)20-4-5-25(29-15-20)27(36)37-3/h4-5,12-16,23H,6-11,17H2,1-3H3,(H,30,31,32). The maximum absolute atomic E-state index is 12.9. The molecule has 2 aliphatic heterocycles. The molecular weight excluding hydrogens is 468 g/mol. The van der Waals surface area contributed by atoms with E-state index in [2.05, 4.69) is 57.0 Å². The van der Waals surface area contributed by atoms with Crippen LogP contribution in [0.3, 0.4) is 0 Å². The van der Waals surface area contributed by atoms with Crippen molar-refractivity contribution in [3.8, 4) is 0 Å². The highest BCUT2D eigenvalue weighted by Crippen LogP contribution is 2.26. The SMILES string of the molecule is COC(=O)c1ccc(C(=O)N2CCC(N3CCc4nc(Nc5cc(C)cc(C)c5)ncc4C3)CC2)cn1. The number of hydrogen-bond acceptors (Lipinski definition) is 8. The van der Waals surface area contributed by atoms with Crippen molar-refractivity contribution < 1.29 is 14.3 Å². The number of pyridine rings is 1. The van der Waals surface area contributed by atoms with Gasteiger partial charge in [-0.05, 0) is 62.1 Å². The summed E-state index contributed by atoms with van der Waals surface area (Å²) in [5.41, 5.74) is 6.38. The van der Waals surface area contributed by atoms with Gasteiger partial charge in [-0.15, -0.1) is 0 Å². The summed E-state index contributed by atoms with van der Waals surface area (Å²) in [7, 11) is 1.31. The van der Waals surface area contributed by atoms with Gasteiger partial charge < -0.3 is 15.0 Å². The molecule has 1 amide bonds. The van der Waals surface area contributed by atoms with E-state index >= 15 is 0 Å². The minimum absolute atomic E-state index is 0.0522. The van der Waals surface area contributed by atoms with Crippen LogP contribution in [0.2, 0.25) is 0 Å². The first-order valence-corrected chi connectivity index (χ1v) is 12.7. The maximum atomic E-state index is 12.9. The highest BCUT2D eigenvalue weighted by atomic mass is 16.5. The van der Waals surface area contributed by atoms with Gasteiger partial charge in [0.15, 0.2) is 0 Å². The number of hydrogen-bond donors (Lipinski definition) is 1. The van der Waals surface area contributed by atoms with E-state index in [1.54, 1.807) is 6.07 Å². The van der Waals surface area contributed by atoms with E-state index in [9.17, 15) is 9.59 Å². The van der Waals surface area contributed by atoms with Crippen LogP contribution in [-0.4, -0.2) is 69.4 Å². The van der Waals surface area contributed by atoms with Crippen molar-refractivity contribution in [3.63, 3.8) is 0 Å². The zero-order valence-electron chi connectivity index (χ0n) is 21.5. The molecule has 0 bridgehead atoms. The van der Waals surface area contributed by atoms with E-state index in [-0.39, 0.29) is 11.6 Å². The zero-order chi connectivity index (χ0) is 25.9. The number of carbonyl (C=O) groups is 2. The van der Waals surface area contributed by atoms with Gasteiger partial charge in [0.1, 0.15) is 5.69 Å². The number of likely N-dealkylation sites (tertiary alicyclic amines) is 1. The molecule has 9 heteroatoms. The summed E-state index contributed by atoms with van der Waals surface area (Å²) in [4.78, 5) is 42.3. The maximum Gasteiger partial charge on any atom is 0.356 e. The number of ether oxygens (including phenoxy) is 1. The lowest BCUT2D eigenvalue weighted by Crippen LogP contribution is -2.48. The Morgan fingerprint density at radius 2 is 1.76 bits per heavy atom. The van der Waals surface area contributed by atoms with E-state index in [4.69, 9.17) is 4.98 Å². The van der Waals surface area contributed by atoms with Gasteiger partial charge in [-0.2, -0.15) is 0 Å². The molecule has 1 aromatic carbocycles. The third-order valence-corrected chi connectivity index (χ3v) is 7.11. The van der Waals surface area contributed by atoms with E-state index in [0.29, 0.717) is 30.6 Å². The molecule has 2 aromatic heterocycles. The summed E-state index contributed by atoms with van der Waals surface area (Å²) in [6.45, 7) is 7.34. The predicted molar refractivity (Wildman–Crippen MR) is 140 cm³/mol. The van der Waals surface area contributed by atoms with Gasteiger partial charge in [-0.25, -0.2) is 19.7 Å². The molecule has 0 atom stereocenters. The molecule has 2 aliphatic rings. The van der Waals surface area contributed by atoms with Crippen LogP contribution < -0.4 is 5.32 Å². The number of amides is 1. The normalized spacial score (nSPS) is 16.2. The second kappa shape index (κ2) is 10.6. The van der Waals surface area contributed by atoms with Gasteiger partial charge in [0.05, 0.1) is 18.4 Å². The third-order valence-electron chi connectivity index (χ3n) is 7.11. The average molecular weight is 501 g/mol. The molecule has 0 spiro atoms. The molecular formula is C28H32N6O3. The number of carbonyl (C=O) groups excluding carboxylic acids is 2. The number of piperidine rings is 1. The summed E-state index contributed by atoms with van der Waals surface area (Å²) >= 11 is 0. The number of methoxy groups -OCH3 is 1. The van der Waals surface area contributed by atoms with Crippen molar-refractivity contribution in [1.82, 2.24) is 24.8 Å². The smallest absolute Gasteiger partial charge is 0.356 e. The summed E-state index contributed by atoms with van der Waals surface area (Å²) in [5.74, 6) is 0.0730. The number of aryl methyl sites for hydroxylation is 2. The fourth-order valence-electron chi connectivity index (χ4n) is 5.25. The minimum Gasteiger partial charge on any atom is -0.464 e. The number of esters is 1. The predicted octanol–water partition coefficient (Wildman–Crippen LogP) is 3.68. The molecule has 37 heavy (non-hydrogen) atoms. The number of nitrogens with one attached hydrogen (secondary N) is 1. The Bertz CT molecular complexity index is 1280. The van der Waals surface area contributed by atoms with Crippen LogP contribution in [0, 0.1) is 13.8 Å². The molecule has 0 saturated carbocycles. The van der Waals surface area contributed by atoms with E-state index in [1.807, 2.05) is 11.1 Å². The van der Waals surface area contributed by atoms with Gasteiger partial charge in [-0.3, -0.25) is 9.69 Å². The average Bonchev–Trinajstić information content (AvgIpc) is 2.91. The number of fused-ring (bicyclic) bond motifs is 1. The van der Waals surface area contributed by atoms with Crippen molar-refractivity contribution in [1.29, 1.82) is 0 Å². The van der Waals surface area contributed by atoms with Crippen LogP contribution in [0.25, 0.3) is 0 Å². The lowest BCUT2D eigenvalue weighted by atomic mass is 9.98. The molecule has 4 heterocycles. The molecule has 1 fully saturated rings. The molecule has 1 N–H and O–H groups in total. The molecule has 1 saturated heterocycles. The quantitative estimate of drug-likeness (QED) is 0.530. The number of anilines is 2. The lowest BCUT2D eigenvalue weighted by molar-refractivity contribution is 0.0582. The Balaban J connectivity index is 1.16. The molecule has 3 aromatic rings. The monoisotopic (exact) mass is 500 g/mol. The first-order chi connectivity index (χ1) is 17.9. The summed E-state index contributed by atoms with van der Waals surface area (Å²) in [6.07, 6.45) is 6.12. The van der Waals surface area contributed by atoms with Crippen LogP contribution in [0.5, 0.6) is 0 Å². The van der Waals surface area contributed by atoms with Crippen LogP contribution in [0.1, 0.15) is 56.1 Å². The van der Waals surface area contributed by atoms with Crippen molar-refractivity contribution in [2.24, 2.45) is 0 Å². The third kappa shape index (κ3) is 5.61. The zero-order valence-corrected chi connectivity index (χ0v) is 21.5. The summed E-state index contributed by atoms with van der Waals surface area (Å²) in [6, 6.07) is 9.94. The topological polar surface area (TPSA) is 101 Å².